The van der Waals surface area contributed by atoms with E-state index in [2.05, 4.69) is 33.8 Å². The van der Waals surface area contributed by atoms with Crippen LogP contribution < -0.4 is 10.0 Å². The first kappa shape index (κ1) is 23.9. The third kappa shape index (κ3) is 8.33. The predicted molar refractivity (Wildman–Crippen MR) is 113 cm³/mol. The van der Waals surface area contributed by atoms with Gasteiger partial charge in [0.25, 0.3) is 0 Å². The largest absolute Gasteiger partial charge is 0.354 e. The van der Waals surface area contributed by atoms with Crippen LogP contribution in [0.4, 0.5) is 0 Å². The number of likely N-dealkylation sites (tertiary alicyclic amines) is 1. The Kier molecular flexibility index (Phi) is 9.53. The number of piperidine rings is 1. The molecular weight excluding hydrogens is 439 g/mol. The lowest BCUT2D eigenvalue weighted by Crippen LogP contribution is -2.55. The van der Waals surface area contributed by atoms with E-state index in [0.29, 0.717) is 12.0 Å². The average Bonchev–Trinajstić information content (AvgIpc) is 2.36. The maximum Gasteiger partial charge on any atom is 0.209 e. The van der Waals surface area contributed by atoms with Crippen LogP contribution in [0.3, 0.4) is 0 Å². The number of halogens is 1. The van der Waals surface area contributed by atoms with Crippen molar-refractivity contribution < 1.29 is 8.42 Å². The lowest BCUT2D eigenvalue weighted by molar-refractivity contribution is 0.142. The first-order valence-corrected chi connectivity index (χ1v) is 10.3. The number of nitrogens with zero attached hydrogens (tertiary/aromatic N) is 2. The number of hydrogen-bond donors (Lipinski definition) is 2. The molecule has 0 aromatic carbocycles. The van der Waals surface area contributed by atoms with Crippen LogP contribution >= 0.6 is 24.0 Å². The van der Waals surface area contributed by atoms with Crippen molar-refractivity contribution in [1.29, 1.82) is 0 Å². The fourth-order valence-electron chi connectivity index (χ4n) is 3.47. The lowest BCUT2D eigenvalue weighted by atomic mass is 9.78. The molecular formula is C16H35IN4O2S. The fraction of sp³-hybridized carbons (Fsp3) is 0.938. The van der Waals surface area contributed by atoms with Gasteiger partial charge in [0.1, 0.15) is 0 Å². The highest BCUT2D eigenvalue weighted by atomic mass is 127. The minimum Gasteiger partial charge on any atom is -0.354 e. The van der Waals surface area contributed by atoms with Gasteiger partial charge in [-0.05, 0) is 38.5 Å². The van der Waals surface area contributed by atoms with Crippen molar-refractivity contribution in [3.05, 3.63) is 0 Å². The molecule has 144 valence electrons. The predicted octanol–water partition coefficient (Wildman–Crippen LogP) is 2.41. The van der Waals surface area contributed by atoms with Gasteiger partial charge >= 0.3 is 0 Å². The van der Waals surface area contributed by atoms with E-state index in [1.54, 1.807) is 7.05 Å². The second-order valence-corrected chi connectivity index (χ2v) is 9.49. The molecule has 1 unspecified atom stereocenters. The molecule has 0 bridgehead atoms. The molecule has 2 N–H and O–H groups in total. The number of guanidine groups is 1. The Hall–Kier alpha value is -0.0900. The smallest absolute Gasteiger partial charge is 0.209 e. The second kappa shape index (κ2) is 9.56. The van der Waals surface area contributed by atoms with E-state index < -0.39 is 15.6 Å². The molecule has 24 heavy (non-hydrogen) atoms. The summed E-state index contributed by atoms with van der Waals surface area (Å²) in [4.78, 5) is 6.69. The maximum absolute atomic E-state index is 11.4. The van der Waals surface area contributed by atoms with E-state index in [-0.39, 0.29) is 24.0 Å². The quantitative estimate of drug-likeness (QED) is 0.352. The highest BCUT2D eigenvalue weighted by Crippen LogP contribution is 2.33. The van der Waals surface area contributed by atoms with Gasteiger partial charge in [-0.2, -0.15) is 0 Å². The van der Waals surface area contributed by atoms with Crippen LogP contribution in [0.5, 0.6) is 0 Å². The zero-order chi connectivity index (χ0) is 17.7. The Bertz CT molecular complexity index is 518. The van der Waals surface area contributed by atoms with Crippen LogP contribution in [0.1, 0.15) is 53.4 Å². The molecule has 6 nitrogen and oxygen atoms in total. The SMILES string of the molecule is CCCC1(C)CCCN(C(=NC)NCC(C)(C)NS(C)(=O)=O)C1.I. The van der Waals surface area contributed by atoms with Gasteiger partial charge in [0.2, 0.25) is 10.0 Å². The minimum atomic E-state index is -3.23. The number of hydrogen-bond acceptors (Lipinski definition) is 3. The number of sulfonamides is 1. The molecule has 1 fully saturated rings. The summed E-state index contributed by atoms with van der Waals surface area (Å²) < 4.78 is 25.5. The van der Waals surface area contributed by atoms with Gasteiger partial charge < -0.3 is 10.2 Å². The van der Waals surface area contributed by atoms with E-state index in [0.717, 1.165) is 19.0 Å². The van der Waals surface area contributed by atoms with E-state index in [1.807, 2.05) is 13.8 Å². The van der Waals surface area contributed by atoms with Gasteiger partial charge in [-0.1, -0.05) is 20.3 Å². The summed E-state index contributed by atoms with van der Waals surface area (Å²) in [5.74, 6) is 0.857. The van der Waals surface area contributed by atoms with Gasteiger partial charge in [0.15, 0.2) is 5.96 Å². The Balaban J connectivity index is 0.00000529. The molecule has 0 aliphatic carbocycles. The van der Waals surface area contributed by atoms with Crippen molar-refractivity contribution in [1.82, 2.24) is 14.9 Å². The third-order valence-corrected chi connectivity index (χ3v) is 5.22. The topological polar surface area (TPSA) is 73.8 Å². The summed E-state index contributed by atoms with van der Waals surface area (Å²) in [6.07, 6.45) is 6.03. The van der Waals surface area contributed by atoms with Gasteiger partial charge in [-0.3, -0.25) is 4.99 Å². The summed E-state index contributed by atoms with van der Waals surface area (Å²) >= 11 is 0. The van der Waals surface area contributed by atoms with E-state index in [4.69, 9.17) is 0 Å². The zero-order valence-electron chi connectivity index (χ0n) is 16.0. The molecule has 0 aromatic heterocycles. The van der Waals surface area contributed by atoms with Gasteiger partial charge in [-0.25, -0.2) is 13.1 Å². The Morgan fingerprint density at radius 2 is 2.00 bits per heavy atom. The molecule has 0 radical (unpaired) electrons. The molecule has 1 aliphatic rings. The molecule has 1 rings (SSSR count). The van der Waals surface area contributed by atoms with Crippen LogP contribution in [0.25, 0.3) is 0 Å². The Morgan fingerprint density at radius 1 is 1.38 bits per heavy atom. The fourth-order valence-corrected chi connectivity index (χ4v) is 4.55. The standard InChI is InChI=1S/C16H34N4O2S.HI/c1-7-9-16(4)10-8-11-20(13-16)14(17-5)18-12-15(2,3)19-23(6,21)22;/h19H,7-13H2,1-6H3,(H,17,18);1H. The van der Waals surface area contributed by atoms with Gasteiger partial charge in [0.05, 0.1) is 6.26 Å². The molecule has 0 amide bonds. The number of rotatable bonds is 6. The Morgan fingerprint density at radius 3 is 2.50 bits per heavy atom. The maximum atomic E-state index is 11.4. The molecule has 8 heteroatoms. The molecule has 1 heterocycles. The summed E-state index contributed by atoms with van der Waals surface area (Å²) in [7, 11) is -1.45. The molecule has 0 spiro atoms. The zero-order valence-corrected chi connectivity index (χ0v) is 19.1. The highest BCUT2D eigenvalue weighted by molar-refractivity contribution is 14.0. The monoisotopic (exact) mass is 474 g/mol. The number of nitrogens with one attached hydrogen (secondary N) is 2. The van der Waals surface area contributed by atoms with Crippen LogP contribution in [-0.2, 0) is 10.0 Å². The van der Waals surface area contributed by atoms with Crippen LogP contribution in [-0.4, -0.2) is 57.8 Å². The van der Waals surface area contributed by atoms with E-state index >= 15 is 0 Å². The van der Waals surface area contributed by atoms with Crippen molar-refractivity contribution in [2.45, 2.75) is 58.9 Å². The molecule has 0 saturated carbocycles. The van der Waals surface area contributed by atoms with Crippen LogP contribution in [0.15, 0.2) is 4.99 Å². The summed E-state index contributed by atoms with van der Waals surface area (Å²) in [5.41, 5.74) is -0.225. The summed E-state index contributed by atoms with van der Waals surface area (Å²) in [6.45, 7) is 10.8. The molecule has 1 aliphatic heterocycles. The first-order chi connectivity index (χ1) is 10.5. The van der Waals surface area contributed by atoms with Crippen LogP contribution in [0, 0.1) is 5.41 Å². The van der Waals surface area contributed by atoms with Crippen molar-refractivity contribution in [2.75, 3.05) is 32.9 Å². The molecule has 0 aromatic rings. The van der Waals surface area contributed by atoms with Gasteiger partial charge in [0, 0.05) is 32.2 Å². The number of aliphatic imine (C=N–C) groups is 1. The lowest BCUT2D eigenvalue weighted by Gasteiger charge is -2.42. The van der Waals surface area contributed by atoms with Crippen molar-refractivity contribution in [3.63, 3.8) is 0 Å². The van der Waals surface area contributed by atoms with Crippen LogP contribution in [0.2, 0.25) is 0 Å². The van der Waals surface area contributed by atoms with Crippen molar-refractivity contribution >= 4 is 40.0 Å². The summed E-state index contributed by atoms with van der Waals surface area (Å²) in [6, 6.07) is 0. The normalized spacial score (nSPS) is 22.9. The molecule has 1 atom stereocenters. The van der Waals surface area contributed by atoms with Crippen molar-refractivity contribution in [3.8, 4) is 0 Å². The average molecular weight is 474 g/mol. The second-order valence-electron chi connectivity index (χ2n) is 7.74. The minimum absolute atomic E-state index is 0. The first-order valence-electron chi connectivity index (χ1n) is 8.45. The van der Waals surface area contributed by atoms with E-state index in [1.165, 1.54) is 31.9 Å². The third-order valence-electron chi connectivity index (χ3n) is 4.30. The highest BCUT2D eigenvalue weighted by Gasteiger charge is 2.32. The summed E-state index contributed by atoms with van der Waals surface area (Å²) in [5, 5.41) is 3.33. The molecule has 1 saturated heterocycles. The Labute approximate surface area is 165 Å². The van der Waals surface area contributed by atoms with Gasteiger partial charge in [-0.15, -0.1) is 24.0 Å². The van der Waals surface area contributed by atoms with Crippen molar-refractivity contribution in [2.24, 2.45) is 10.4 Å². The van der Waals surface area contributed by atoms with E-state index in [9.17, 15) is 8.42 Å².